The largest absolute Gasteiger partial charge is 0.285 e. The van der Waals surface area contributed by atoms with Gasteiger partial charge in [-0.05, 0) is 6.42 Å². The number of carbonyl (C=O) groups is 2. The van der Waals surface area contributed by atoms with E-state index in [4.69, 9.17) is 4.55 Å². The van der Waals surface area contributed by atoms with E-state index in [9.17, 15) is 18.0 Å². The Labute approximate surface area is 88.0 Å². The van der Waals surface area contributed by atoms with Gasteiger partial charge < -0.3 is 0 Å². The first-order valence-corrected chi connectivity index (χ1v) is 6.18. The lowest BCUT2D eigenvalue weighted by Crippen LogP contribution is -2.35. The Hall–Kier alpha value is -0.950. The van der Waals surface area contributed by atoms with E-state index in [1.165, 1.54) is 0 Å². The van der Waals surface area contributed by atoms with Crippen LogP contribution in [0.2, 0.25) is 0 Å². The number of imide groups is 1. The number of amides is 2. The maximum absolute atomic E-state index is 11.4. The highest BCUT2D eigenvalue weighted by Crippen LogP contribution is 2.19. The molecule has 0 aromatic rings. The summed E-state index contributed by atoms with van der Waals surface area (Å²) in [6.07, 6.45) is 0.991. The molecule has 1 saturated heterocycles. The highest BCUT2D eigenvalue weighted by Gasteiger charge is 2.45. The van der Waals surface area contributed by atoms with Crippen LogP contribution in [0.5, 0.6) is 0 Å². The average molecular weight is 235 g/mol. The summed E-state index contributed by atoms with van der Waals surface area (Å²) in [7, 11) is -4.45. The highest BCUT2D eigenvalue weighted by atomic mass is 32.2. The van der Waals surface area contributed by atoms with Gasteiger partial charge in [-0.25, -0.2) is 0 Å². The predicted molar refractivity (Wildman–Crippen MR) is 51.6 cm³/mol. The molecule has 7 heteroatoms. The van der Waals surface area contributed by atoms with E-state index < -0.39 is 33.6 Å². The van der Waals surface area contributed by atoms with Crippen LogP contribution in [0.15, 0.2) is 0 Å². The first-order valence-electron chi connectivity index (χ1n) is 4.68. The molecule has 1 aliphatic heterocycles. The van der Waals surface area contributed by atoms with Crippen LogP contribution in [0.25, 0.3) is 0 Å². The van der Waals surface area contributed by atoms with Gasteiger partial charge in [0.25, 0.3) is 16.0 Å². The van der Waals surface area contributed by atoms with Gasteiger partial charge >= 0.3 is 0 Å². The second-order valence-electron chi connectivity index (χ2n) is 3.44. The van der Waals surface area contributed by atoms with Crippen molar-refractivity contribution >= 4 is 21.9 Å². The van der Waals surface area contributed by atoms with Gasteiger partial charge in [-0.3, -0.25) is 19.0 Å². The molecule has 0 aliphatic carbocycles. The van der Waals surface area contributed by atoms with Gasteiger partial charge in [0.2, 0.25) is 5.91 Å². The van der Waals surface area contributed by atoms with Crippen molar-refractivity contribution < 1.29 is 22.6 Å². The third-order valence-corrected chi connectivity index (χ3v) is 3.38. The number of likely N-dealkylation sites (tertiary alicyclic amines) is 1. The smallest absolute Gasteiger partial charge is 0.277 e. The molecule has 0 saturated carbocycles. The Bertz CT molecular complexity index is 374. The fourth-order valence-corrected chi connectivity index (χ4v) is 2.17. The lowest BCUT2D eigenvalue weighted by molar-refractivity contribution is -0.138. The molecule has 1 heterocycles. The summed E-state index contributed by atoms with van der Waals surface area (Å²) in [6, 6.07) is 0. The number of hydrogen-bond donors (Lipinski definition) is 1. The van der Waals surface area contributed by atoms with Crippen LogP contribution in [-0.2, 0) is 19.7 Å². The molecule has 1 N–H and O–H groups in total. The van der Waals surface area contributed by atoms with Crippen LogP contribution in [-0.4, -0.2) is 41.5 Å². The fourth-order valence-electron chi connectivity index (χ4n) is 1.44. The topological polar surface area (TPSA) is 91.8 Å². The molecule has 1 atom stereocenters. The van der Waals surface area contributed by atoms with Crippen molar-refractivity contribution in [3.63, 3.8) is 0 Å². The van der Waals surface area contributed by atoms with Gasteiger partial charge in [0.05, 0.1) is 6.42 Å². The van der Waals surface area contributed by atoms with Crippen molar-refractivity contribution in [1.29, 1.82) is 0 Å². The van der Waals surface area contributed by atoms with E-state index >= 15 is 0 Å². The van der Waals surface area contributed by atoms with Crippen LogP contribution >= 0.6 is 0 Å². The van der Waals surface area contributed by atoms with Gasteiger partial charge in [0.1, 0.15) is 0 Å². The Balaban J connectivity index is 2.80. The van der Waals surface area contributed by atoms with Crippen molar-refractivity contribution in [2.45, 2.75) is 31.4 Å². The van der Waals surface area contributed by atoms with Crippen molar-refractivity contribution in [1.82, 2.24) is 4.90 Å². The lowest BCUT2D eigenvalue weighted by atomic mass is 10.3. The minimum Gasteiger partial charge on any atom is -0.285 e. The Kier molecular flexibility index (Phi) is 3.46. The monoisotopic (exact) mass is 235 g/mol. The summed E-state index contributed by atoms with van der Waals surface area (Å²) in [5.41, 5.74) is 0. The first-order chi connectivity index (χ1) is 6.88. The van der Waals surface area contributed by atoms with Crippen molar-refractivity contribution in [2.24, 2.45) is 0 Å². The molecule has 0 aromatic heterocycles. The van der Waals surface area contributed by atoms with Gasteiger partial charge in [-0.2, -0.15) is 8.42 Å². The zero-order chi connectivity index (χ0) is 11.6. The summed E-state index contributed by atoms with van der Waals surface area (Å²) >= 11 is 0. The SMILES string of the molecule is CCCCN1C(=O)CC(S(=O)(=O)O)C1=O. The molecule has 1 unspecified atom stereocenters. The lowest BCUT2D eigenvalue weighted by Gasteiger charge is -2.12. The van der Waals surface area contributed by atoms with E-state index in [1.807, 2.05) is 6.92 Å². The first kappa shape index (κ1) is 12.1. The summed E-state index contributed by atoms with van der Waals surface area (Å²) in [6.45, 7) is 2.12. The zero-order valence-electron chi connectivity index (χ0n) is 8.34. The number of nitrogens with zero attached hydrogens (tertiary/aromatic N) is 1. The molecule has 0 aromatic carbocycles. The molecular weight excluding hydrogens is 222 g/mol. The Morgan fingerprint density at radius 2 is 2.07 bits per heavy atom. The van der Waals surface area contributed by atoms with Gasteiger partial charge in [0, 0.05) is 6.54 Å². The molecule has 2 amide bonds. The normalized spacial score (nSPS) is 22.5. The summed E-state index contributed by atoms with van der Waals surface area (Å²) < 4.78 is 30.3. The summed E-state index contributed by atoms with van der Waals surface area (Å²) in [4.78, 5) is 23.6. The third kappa shape index (κ3) is 2.54. The van der Waals surface area contributed by atoms with Crippen LogP contribution in [0.3, 0.4) is 0 Å². The number of rotatable bonds is 4. The van der Waals surface area contributed by atoms with E-state index in [2.05, 4.69) is 0 Å². The fraction of sp³-hybridized carbons (Fsp3) is 0.750. The Morgan fingerprint density at radius 3 is 2.47 bits per heavy atom. The summed E-state index contributed by atoms with van der Waals surface area (Å²) in [5, 5.41) is -1.60. The number of hydrogen-bond acceptors (Lipinski definition) is 4. The van der Waals surface area contributed by atoms with Crippen LogP contribution < -0.4 is 0 Å². The molecule has 15 heavy (non-hydrogen) atoms. The van der Waals surface area contributed by atoms with E-state index in [0.717, 1.165) is 11.3 Å². The van der Waals surface area contributed by atoms with Crippen molar-refractivity contribution in [3.05, 3.63) is 0 Å². The van der Waals surface area contributed by atoms with E-state index in [1.54, 1.807) is 0 Å². The molecule has 6 nitrogen and oxygen atoms in total. The zero-order valence-corrected chi connectivity index (χ0v) is 9.16. The highest BCUT2D eigenvalue weighted by molar-refractivity contribution is 7.87. The minimum atomic E-state index is -4.45. The molecular formula is C8H13NO5S. The second kappa shape index (κ2) is 4.28. The van der Waals surface area contributed by atoms with E-state index in [-0.39, 0.29) is 6.54 Å². The maximum Gasteiger partial charge on any atom is 0.277 e. The number of unbranched alkanes of at least 4 members (excludes halogenated alkanes) is 1. The Morgan fingerprint density at radius 1 is 1.47 bits per heavy atom. The quantitative estimate of drug-likeness (QED) is 0.538. The molecule has 0 bridgehead atoms. The van der Waals surface area contributed by atoms with Crippen LogP contribution in [0.4, 0.5) is 0 Å². The van der Waals surface area contributed by atoms with Crippen molar-refractivity contribution in [2.75, 3.05) is 6.54 Å². The maximum atomic E-state index is 11.4. The van der Waals surface area contributed by atoms with Gasteiger partial charge in [-0.15, -0.1) is 0 Å². The second-order valence-corrected chi connectivity index (χ2v) is 5.04. The van der Waals surface area contributed by atoms with Gasteiger partial charge in [0.15, 0.2) is 5.25 Å². The molecule has 0 radical (unpaired) electrons. The molecule has 86 valence electrons. The molecule has 1 fully saturated rings. The minimum absolute atomic E-state index is 0.222. The third-order valence-electron chi connectivity index (χ3n) is 2.30. The van der Waals surface area contributed by atoms with E-state index in [0.29, 0.717) is 6.42 Å². The van der Waals surface area contributed by atoms with Crippen molar-refractivity contribution in [3.8, 4) is 0 Å². The molecule has 0 spiro atoms. The number of carbonyl (C=O) groups excluding carboxylic acids is 2. The standard InChI is InChI=1S/C8H13NO5S/c1-2-3-4-9-7(10)5-6(8(9)11)15(12,13)14/h6H,2-5H2,1H3,(H,12,13,14). The van der Waals surface area contributed by atoms with Gasteiger partial charge in [-0.1, -0.05) is 13.3 Å². The molecule has 1 rings (SSSR count). The summed E-state index contributed by atoms with van der Waals surface area (Å²) in [5.74, 6) is -1.34. The van der Waals surface area contributed by atoms with Crippen LogP contribution in [0.1, 0.15) is 26.2 Å². The van der Waals surface area contributed by atoms with Crippen LogP contribution in [0, 0.1) is 0 Å². The predicted octanol–water partition coefficient (Wildman–Crippen LogP) is -0.198. The average Bonchev–Trinajstić information content (AvgIpc) is 2.39. The molecule has 1 aliphatic rings.